The van der Waals surface area contributed by atoms with E-state index in [9.17, 15) is 14.4 Å². The van der Waals surface area contributed by atoms with Gasteiger partial charge < -0.3 is 4.74 Å². The van der Waals surface area contributed by atoms with E-state index in [-0.39, 0.29) is 27.4 Å². The second kappa shape index (κ2) is 8.73. The van der Waals surface area contributed by atoms with E-state index in [1.54, 1.807) is 36.7 Å². The number of carbonyl (C=O) groups is 1. The van der Waals surface area contributed by atoms with Crippen molar-refractivity contribution in [2.45, 2.75) is 6.42 Å². The van der Waals surface area contributed by atoms with Gasteiger partial charge >= 0.3 is 5.69 Å². The molecule has 34 heavy (non-hydrogen) atoms. The Kier molecular flexibility index (Phi) is 5.60. The number of benzene rings is 2. The van der Waals surface area contributed by atoms with Gasteiger partial charge in [-0.25, -0.2) is 14.8 Å². The van der Waals surface area contributed by atoms with E-state index >= 15 is 0 Å². The molecule has 1 amide bonds. The fourth-order valence-corrected chi connectivity index (χ4v) is 4.12. The summed E-state index contributed by atoms with van der Waals surface area (Å²) in [5.41, 5.74) is 0.235. The first kappa shape index (κ1) is 21.8. The van der Waals surface area contributed by atoms with Crippen molar-refractivity contribution in [3.8, 4) is 17.2 Å². The van der Waals surface area contributed by atoms with Crippen molar-refractivity contribution in [1.82, 2.24) is 24.7 Å². The van der Waals surface area contributed by atoms with Crippen molar-refractivity contribution in [2.75, 3.05) is 11.4 Å². The second-order valence-electron chi connectivity index (χ2n) is 7.27. The third-order valence-electron chi connectivity index (χ3n) is 5.11. The summed E-state index contributed by atoms with van der Waals surface area (Å²) in [5, 5.41) is 4.04. The van der Waals surface area contributed by atoms with E-state index < -0.39 is 11.2 Å². The van der Waals surface area contributed by atoms with Crippen molar-refractivity contribution in [1.29, 1.82) is 0 Å². The number of hydrogen-bond acceptors (Lipinski definition) is 7. The molecule has 0 saturated carbocycles. The van der Waals surface area contributed by atoms with Gasteiger partial charge in [0.2, 0.25) is 5.95 Å². The number of carbonyl (C=O) groups excluding carboxylic acids is 1. The first-order valence-electron chi connectivity index (χ1n) is 9.98. The summed E-state index contributed by atoms with van der Waals surface area (Å²) in [6, 6.07) is 9.63. The van der Waals surface area contributed by atoms with E-state index in [2.05, 4.69) is 20.1 Å². The van der Waals surface area contributed by atoms with Gasteiger partial charge in [0.25, 0.3) is 11.5 Å². The Hall–Kier alpha value is -4.02. The maximum absolute atomic E-state index is 12.9. The van der Waals surface area contributed by atoms with Crippen LogP contribution in [0.1, 0.15) is 15.9 Å². The van der Waals surface area contributed by atoms with Gasteiger partial charge in [0.05, 0.1) is 15.7 Å². The predicted octanol–water partition coefficient (Wildman–Crippen LogP) is 3.01. The van der Waals surface area contributed by atoms with Crippen LogP contribution in [0.5, 0.6) is 11.5 Å². The SMILES string of the molecule is O=C1c2ccc(Oc3c(Cl)cc(-n4ncc(=O)[nH]c4=O)cc3Cl)cc2CCN1c1ncccn1. The van der Waals surface area contributed by atoms with Crippen molar-refractivity contribution >= 4 is 35.1 Å². The number of hydrogen-bond donors (Lipinski definition) is 1. The quantitative estimate of drug-likeness (QED) is 0.460. The molecule has 1 N–H and O–H groups in total. The summed E-state index contributed by atoms with van der Waals surface area (Å²) < 4.78 is 6.87. The van der Waals surface area contributed by atoms with Crippen LogP contribution in [0.15, 0.2) is 64.6 Å². The lowest BCUT2D eigenvalue weighted by molar-refractivity contribution is 0.0979. The minimum absolute atomic E-state index is 0.128. The molecule has 1 aliphatic rings. The van der Waals surface area contributed by atoms with E-state index in [0.29, 0.717) is 30.2 Å². The maximum Gasteiger partial charge on any atom is 0.349 e. The number of halogens is 2. The molecule has 4 aromatic rings. The highest BCUT2D eigenvalue weighted by Crippen LogP contribution is 2.39. The molecule has 2 aromatic heterocycles. The summed E-state index contributed by atoms with van der Waals surface area (Å²) in [4.78, 5) is 48.1. The molecule has 0 aliphatic carbocycles. The van der Waals surface area contributed by atoms with Crippen LogP contribution in [-0.2, 0) is 6.42 Å². The molecule has 10 nitrogen and oxygen atoms in total. The largest absolute Gasteiger partial charge is 0.454 e. The summed E-state index contributed by atoms with van der Waals surface area (Å²) in [5.74, 6) is 0.768. The number of ether oxygens (including phenoxy) is 1. The zero-order valence-electron chi connectivity index (χ0n) is 17.2. The van der Waals surface area contributed by atoms with Crippen LogP contribution in [0, 0.1) is 0 Å². The molecule has 0 atom stereocenters. The van der Waals surface area contributed by atoms with Gasteiger partial charge in [-0.05, 0) is 48.4 Å². The molecule has 0 fully saturated rings. The van der Waals surface area contributed by atoms with Crippen LogP contribution < -0.4 is 20.9 Å². The number of nitrogens with one attached hydrogen (secondary N) is 1. The van der Waals surface area contributed by atoms with Gasteiger partial charge in [-0.15, -0.1) is 0 Å². The highest BCUT2D eigenvalue weighted by atomic mass is 35.5. The summed E-state index contributed by atoms with van der Waals surface area (Å²) in [6.45, 7) is 0.427. The topological polar surface area (TPSA) is 123 Å². The smallest absolute Gasteiger partial charge is 0.349 e. The van der Waals surface area contributed by atoms with Crippen LogP contribution in [0.25, 0.3) is 5.69 Å². The molecule has 2 aromatic carbocycles. The number of aromatic amines is 1. The standard InChI is InChI=1S/C22H14Cl2N6O4/c23-16-9-13(30-22(33)28-18(31)11-27-30)10-17(24)19(16)34-14-2-3-15-12(8-14)4-7-29(20(15)32)21-25-5-1-6-26-21/h1-3,5-6,8-11H,4,7H2,(H,28,31,33). The van der Waals surface area contributed by atoms with Crippen LogP contribution in [0.4, 0.5) is 5.95 Å². The molecule has 0 unspecified atom stereocenters. The third kappa shape index (κ3) is 4.04. The Morgan fingerprint density at radius 3 is 2.44 bits per heavy atom. The maximum atomic E-state index is 12.9. The van der Waals surface area contributed by atoms with Crippen LogP contribution in [-0.4, -0.2) is 37.2 Å². The highest BCUT2D eigenvalue weighted by molar-refractivity contribution is 6.37. The number of nitrogens with zero attached hydrogens (tertiary/aromatic N) is 5. The molecular formula is C22H14Cl2N6O4. The molecular weight excluding hydrogens is 483 g/mol. The Morgan fingerprint density at radius 2 is 1.74 bits per heavy atom. The summed E-state index contributed by atoms with van der Waals surface area (Å²) >= 11 is 12.7. The van der Waals surface area contributed by atoms with Crippen molar-refractivity contribution < 1.29 is 9.53 Å². The zero-order valence-corrected chi connectivity index (χ0v) is 18.7. The molecule has 0 radical (unpaired) electrons. The highest BCUT2D eigenvalue weighted by Gasteiger charge is 2.27. The molecule has 12 heteroatoms. The molecule has 1 aliphatic heterocycles. The van der Waals surface area contributed by atoms with E-state index in [4.69, 9.17) is 27.9 Å². The van der Waals surface area contributed by atoms with Gasteiger partial charge in [0.15, 0.2) is 5.75 Å². The number of anilines is 1. The fourth-order valence-electron chi connectivity index (χ4n) is 3.57. The minimum Gasteiger partial charge on any atom is -0.454 e. The van der Waals surface area contributed by atoms with E-state index in [1.165, 1.54) is 17.0 Å². The molecule has 5 rings (SSSR count). The third-order valence-corrected chi connectivity index (χ3v) is 5.67. The molecule has 0 bridgehead atoms. The Labute approximate surface area is 201 Å². The fraction of sp³-hybridized carbons (Fsp3) is 0.0909. The number of amides is 1. The second-order valence-corrected chi connectivity index (χ2v) is 8.08. The zero-order chi connectivity index (χ0) is 23.8. The van der Waals surface area contributed by atoms with E-state index in [1.807, 2.05) is 0 Å². The van der Waals surface area contributed by atoms with Gasteiger partial charge in [-0.3, -0.25) is 19.5 Å². The normalized spacial score (nSPS) is 13.0. The van der Waals surface area contributed by atoms with Gasteiger partial charge in [-0.1, -0.05) is 23.2 Å². The Bertz CT molecular complexity index is 1510. The molecule has 0 spiro atoms. The average Bonchev–Trinajstić information content (AvgIpc) is 2.82. The lowest BCUT2D eigenvalue weighted by Gasteiger charge is -2.27. The number of rotatable bonds is 4. The van der Waals surface area contributed by atoms with Gasteiger partial charge in [0.1, 0.15) is 11.9 Å². The Morgan fingerprint density at radius 1 is 1.00 bits per heavy atom. The van der Waals surface area contributed by atoms with Crippen molar-refractivity contribution in [2.24, 2.45) is 0 Å². The lowest BCUT2D eigenvalue weighted by Crippen LogP contribution is -2.38. The van der Waals surface area contributed by atoms with E-state index in [0.717, 1.165) is 16.4 Å². The Balaban J connectivity index is 1.42. The first-order valence-corrected chi connectivity index (χ1v) is 10.7. The minimum atomic E-state index is -0.734. The lowest BCUT2D eigenvalue weighted by atomic mass is 9.99. The monoisotopic (exact) mass is 496 g/mol. The number of fused-ring (bicyclic) bond motifs is 1. The van der Waals surface area contributed by atoms with Crippen molar-refractivity contribution in [3.63, 3.8) is 0 Å². The first-order chi connectivity index (χ1) is 16.4. The molecule has 0 saturated heterocycles. The predicted molar refractivity (Wildman–Crippen MR) is 124 cm³/mol. The van der Waals surface area contributed by atoms with Gasteiger partial charge in [0, 0.05) is 24.5 Å². The van der Waals surface area contributed by atoms with Crippen LogP contribution >= 0.6 is 23.2 Å². The molecule has 3 heterocycles. The van der Waals surface area contributed by atoms with Crippen LogP contribution in [0.3, 0.4) is 0 Å². The number of aromatic nitrogens is 5. The summed E-state index contributed by atoms with van der Waals surface area (Å²) in [6.07, 6.45) is 4.72. The summed E-state index contributed by atoms with van der Waals surface area (Å²) in [7, 11) is 0. The molecule has 170 valence electrons. The average molecular weight is 497 g/mol. The van der Waals surface area contributed by atoms with Gasteiger partial charge in [-0.2, -0.15) is 9.78 Å². The van der Waals surface area contributed by atoms with Crippen molar-refractivity contribution in [3.05, 3.63) is 97.0 Å². The number of H-pyrrole nitrogens is 1. The van der Waals surface area contributed by atoms with Crippen LogP contribution in [0.2, 0.25) is 10.0 Å².